The molecule has 108 valence electrons. The maximum absolute atomic E-state index is 4.99. The van der Waals surface area contributed by atoms with Gasteiger partial charge in [0.05, 0.1) is 0 Å². The van der Waals surface area contributed by atoms with Crippen LogP contribution in [0.1, 0.15) is 52.4 Å². The molecule has 0 aromatic rings. The predicted molar refractivity (Wildman–Crippen MR) is 80.3 cm³/mol. The third-order valence-electron chi connectivity index (χ3n) is 5.30. The van der Waals surface area contributed by atoms with Crippen molar-refractivity contribution in [3.05, 3.63) is 0 Å². The fraction of sp³-hybridized carbons (Fsp3) is 0.938. The van der Waals surface area contributed by atoms with Crippen molar-refractivity contribution in [1.82, 2.24) is 10.2 Å². The summed E-state index contributed by atoms with van der Waals surface area (Å²) in [6.45, 7) is 8.98. The van der Waals surface area contributed by atoms with Gasteiger partial charge in [-0.3, -0.25) is 4.99 Å². The Labute approximate surface area is 117 Å². The van der Waals surface area contributed by atoms with Crippen LogP contribution in [-0.4, -0.2) is 37.0 Å². The van der Waals surface area contributed by atoms with Crippen LogP contribution in [0.15, 0.2) is 4.99 Å². The SMILES string of the molecule is CCNC(=NCC1(C2CC2)CC1)N1CCC(C)CC1. The highest BCUT2D eigenvalue weighted by molar-refractivity contribution is 5.80. The number of hydrogen-bond donors (Lipinski definition) is 1. The molecule has 3 heteroatoms. The molecule has 1 saturated heterocycles. The van der Waals surface area contributed by atoms with E-state index in [0.717, 1.165) is 24.9 Å². The van der Waals surface area contributed by atoms with E-state index >= 15 is 0 Å². The normalized spacial score (nSPS) is 27.5. The highest BCUT2D eigenvalue weighted by Crippen LogP contribution is 2.61. The van der Waals surface area contributed by atoms with Crippen LogP contribution in [0.5, 0.6) is 0 Å². The van der Waals surface area contributed by atoms with Crippen LogP contribution in [-0.2, 0) is 0 Å². The van der Waals surface area contributed by atoms with Gasteiger partial charge in [-0.25, -0.2) is 0 Å². The zero-order valence-electron chi connectivity index (χ0n) is 12.6. The third-order valence-corrected chi connectivity index (χ3v) is 5.30. The molecule has 0 bridgehead atoms. The van der Waals surface area contributed by atoms with Gasteiger partial charge in [-0.15, -0.1) is 0 Å². The number of nitrogens with zero attached hydrogens (tertiary/aromatic N) is 2. The molecule has 1 N–H and O–H groups in total. The minimum atomic E-state index is 0.629. The van der Waals surface area contributed by atoms with Gasteiger partial charge in [0.2, 0.25) is 0 Å². The molecule has 3 fully saturated rings. The average molecular weight is 263 g/mol. The first-order chi connectivity index (χ1) is 9.23. The van der Waals surface area contributed by atoms with E-state index in [2.05, 4.69) is 24.1 Å². The van der Waals surface area contributed by atoms with Gasteiger partial charge in [0, 0.05) is 26.2 Å². The largest absolute Gasteiger partial charge is 0.357 e. The Balaban J connectivity index is 1.59. The Kier molecular flexibility index (Phi) is 3.72. The van der Waals surface area contributed by atoms with Crippen LogP contribution < -0.4 is 5.32 Å². The van der Waals surface area contributed by atoms with Gasteiger partial charge in [0.1, 0.15) is 0 Å². The van der Waals surface area contributed by atoms with Gasteiger partial charge in [0.15, 0.2) is 5.96 Å². The van der Waals surface area contributed by atoms with E-state index < -0.39 is 0 Å². The molecule has 2 saturated carbocycles. The summed E-state index contributed by atoms with van der Waals surface area (Å²) in [6.07, 6.45) is 8.42. The number of nitrogens with one attached hydrogen (secondary N) is 1. The minimum absolute atomic E-state index is 0.629. The van der Waals surface area contributed by atoms with E-state index in [1.165, 1.54) is 57.6 Å². The predicted octanol–water partition coefficient (Wildman–Crippen LogP) is 2.87. The summed E-state index contributed by atoms with van der Waals surface area (Å²) < 4.78 is 0. The molecule has 2 aliphatic carbocycles. The smallest absolute Gasteiger partial charge is 0.193 e. The molecular weight excluding hydrogens is 234 g/mol. The standard InChI is InChI=1S/C16H29N3/c1-3-17-15(19-10-6-13(2)7-11-19)18-12-16(8-9-16)14-4-5-14/h13-14H,3-12H2,1-2H3,(H,17,18). The lowest BCUT2D eigenvalue weighted by molar-refractivity contribution is 0.272. The summed E-state index contributed by atoms with van der Waals surface area (Å²) in [5, 5.41) is 3.50. The summed E-state index contributed by atoms with van der Waals surface area (Å²) in [5.41, 5.74) is 0.629. The van der Waals surface area contributed by atoms with E-state index in [1.807, 2.05) is 0 Å². The van der Waals surface area contributed by atoms with Gasteiger partial charge in [-0.2, -0.15) is 0 Å². The van der Waals surface area contributed by atoms with Crippen molar-refractivity contribution in [3.8, 4) is 0 Å². The first-order valence-corrected chi connectivity index (χ1v) is 8.27. The molecule has 19 heavy (non-hydrogen) atoms. The third kappa shape index (κ3) is 3.06. The monoisotopic (exact) mass is 263 g/mol. The minimum Gasteiger partial charge on any atom is -0.357 e. The summed E-state index contributed by atoms with van der Waals surface area (Å²) in [7, 11) is 0. The molecule has 0 radical (unpaired) electrons. The Morgan fingerprint density at radius 2 is 1.89 bits per heavy atom. The number of rotatable bonds is 4. The molecule has 3 rings (SSSR count). The molecule has 0 amide bonds. The fourth-order valence-electron chi connectivity index (χ4n) is 3.43. The van der Waals surface area contributed by atoms with E-state index in [-0.39, 0.29) is 0 Å². The molecule has 0 atom stereocenters. The highest BCUT2D eigenvalue weighted by atomic mass is 15.3. The van der Waals surface area contributed by atoms with Crippen molar-refractivity contribution >= 4 is 5.96 Å². The Morgan fingerprint density at radius 3 is 2.42 bits per heavy atom. The van der Waals surface area contributed by atoms with Crippen molar-refractivity contribution in [1.29, 1.82) is 0 Å². The van der Waals surface area contributed by atoms with Crippen LogP contribution >= 0.6 is 0 Å². The molecule has 0 aromatic heterocycles. The van der Waals surface area contributed by atoms with Crippen molar-refractivity contribution in [3.63, 3.8) is 0 Å². The van der Waals surface area contributed by atoms with Gasteiger partial charge < -0.3 is 10.2 Å². The van der Waals surface area contributed by atoms with Gasteiger partial charge >= 0.3 is 0 Å². The van der Waals surface area contributed by atoms with Gasteiger partial charge in [-0.1, -0.05) is 6.92 Å². The number of piperidine rings is 1. The van der Waals surface area contributed by atoms with Crippen molar-refractivity contribution in [2.75, 3.05) is 26.2 Å². The van der Waals surface area contributed by atoms with Crippen molar-refractivity contribution in [2.45, 2.75) is 52.4 Å². The average Bonchev–Trinajstić information content (AvgIpc) is 3.28. The molecule has 0 spiro atoms. The summed E-state index contributed by atoms with van der Waals surface area (Å²) in [6, 6.07) is 0. The highest BCUT2D eigenvalue weighted by Gasteiger charge is 2.53. The van der Waals surface area contributed by atoms with Gasteiger partial charge in [-0.05, 0) is 62.7 Å². The topological polar surface area (TPSA) is 27.6 Å². The lowest BCUT2D eigenvalue weighted by Crippen LogP contribution is -2.45. The van der Waals surface area contributed by atoms with Crippen molar-refractivity contribution < 1.29 is 0 Å². The molecule has 0 aromatic carbocycles. The molecule has 3 nitrogen and oxygen atoms in total. The van der Waals surface area contributed by atoms with Crippen LogP contribution in [0.2, 0.25) is 0 Å². The Bertz CT molecular complexity index is 334. The number of hydrogen-bond acceptors (Lipinski definition) is 1. The first kappa shape index (κ1) is 13.3. The summed E-state index contributed by atoms with van der Waals surface area (Å²) in [5.74, 6) is 3.09. The second-order valence-corrected chi connectivity index (χ2v) is 6.98. The maximum atomic E-state index is 4.99. The van der Waals surface area contributed by atoms with E-state index in [4.69, 9.17) is 4.99 Å². The van der Waals surface area contributed by atoms with E-state index in [1.54, 1.807) is 0 Å². The fourth-order valence-corrected chi connectivity index (χ4v) is 3.43. The first-order valence-electron chi connectivity index (χ1n) is 8.27. The van der Waals surface area contributed by atoms with Gasteiger partial charge in [0.25, 0.3) is 0 Å². The maximum Gasteiger partial charge on any atom is 0.193 e. The zero-order chi connectivity index (χ0) is 13.3. The van der Waals surface area contributed by atoms with Crippen LogP contribution in [0.25, 0.3) is 0 Å². The lowest BCUT2D eigenvalue weighted by Gasteiger charge is -2.33. The Hall–Kier alpha value is -0.730. The molecule has 1 heterocycles. The number of guanidine groups is 1. The van der Waals surface area contributed by atoms with Crippen LogP contribution in [0.3, 0.4) is 0 Å². The molecular formula is C16H29N3. The number of likely N-dealkylation sites (tertiary alicyclic amines) is 1. The molecule has 0 unspecified atom stereocenters. The molecule has 3 aliphatic rings. The van der Waals surface area contributed by atoms with Crippen LogP contribution in [0, 0.1) is 17.3 Å². The zero-order valence-corrected chi connectivity index (χ0v) is 12.6. The summed E-state index contributed by atoms with van der Waals surface area (Å²) in [4.78, 5) is 7.47. The Morgan fingerprint density at radius 1 is 1.21 bits per heavy atom. The lowest BCUT2D eigenvalue weighted by atomic mass is 9.99. The second kappa shape index (κ2) is 5.34. The second-order valence-electron chi connectivity index (χ2n) is 6.98. The molecule has 1 aliphatic heterocycles. The van der Waals surface area contributed by atoms with Crippen molar-refractivity contribution in [2.24, 2.45) is 22.2 Å². The van der Waals surface area contributed by atoms with E-state index in [9.17, 15) is 0 Å². The van der Waals surface area contributed by atoms with E-state index in [0.29, 0.717) is 5.41 Å². The quantitative estimate of drug-likeness (QED) is 0.624. The number of aliphatic imine (C=N–C) groups is 1. The van der Waals surface area contributed by atoms with Crippen LogP contribution in [0.4, 0.5) is 0 Å². The summed E-state index contributed by atoms with van der Waals surface area (Å²) >= 11 is 0.